The summed E-state index contributed by atoms with van der Waals surface area (Å²) in [5, 5.41) is 12.5. The zero-order valence-electron chi connectivity index (χ0n) is 11.5. The number of aliphatic carboxylic acids is 1. The van der Waals surface area contributed by atoms with Crippen LogP contribution in [0.2, 0.25) is 0 Å². The monoisotopic (exact) mass is 298 g/mol. The number of ether oxygens (including phenoxy) is 1. The summed E-state index contributed by atoms with van der Waals surface area (Å²) in [7, 11) is 0. The number of aryl methyl sites for hydroxylation is 1. The maximum absolute atomic E-state index is 12.0. The van der Waals surface area contributed by atoms with Crippen molar-refractivity contribution >= 4 is 23.2 Å². The Morgan fingerprint density at radius 2 is 2.25 bits per heavy atom. The molecule has 1 aliphatic rings. The van der Waals surface area contributed by atoms with E-state index < -0.39 is 18.2 Å². The Hall–Kier alpha value is -1.47. The van der Waals surface area contributed by atoms with Crippen molar-refractivity contribution in [2.75, 3.05) is 0 Å². The molecule has 20 heavy (non-hydrogen) atoms. The Labute approximate surface area is 121 Å². The molecule has 1 fully saturated rings. The summed E-state index contributed by atoms with van der Waals surface area (Å²) >= 11 is 1.57. The summed E-state index contributed by atoms with van der Waals surface area (Å²) in [6.45, 7) is 3.92. The van der Waals surface area contributed by atoms with E-state index in [2.05, 4.69) is 17.2 Å². The third kappa shape index (κ3) is 3.34. The molecule has 0 aromatic carbocycles. The lowest BCUT2D eigenvalue weighted by molar-refractivity contribution is -0.151. The molecular formula is C13H18N2O4S. The summed E-state index contributed by atoms with van der Waals surface area (Å²) in [5.41, 5.74) is 0. The first-order chi connectivity index (χ1) is 9.51. The summed E-state index contributed by atoms with van der Waals surface area (Å²) in [6, 6.07) is -0.194. The van der Waals surface area contributed by atoms with Gasteiger partial charge in [-0.25, -0.2) is 9.78 Å². The van der Waals surface area contributed by atoms with E-state index in [1.807, 2.05) is 13.1 Å². The highest BCUT2D eigenvalue weighted by atomic mass is 32.1. The van der Waals surface area contributed by atoms with Gasteiger partial charge < -0.3 is 15.2 Å². The topological polar surface area (TPSA) is 88.5 Å². The molecule has 3 atom stereocenters. The second-order valence-electron chi connectivity index (χ2n) is 4.78. The summed E-state index contributed by atoms with van der Waals surface area (Å²) < 4.78 is 5.22. The van der Waals surface area contributed by atoms with E-state index in [9.17, 15) is 9.59 Å². The van der Waals surface area contributed by atoms with Gasteiger partial charge in [0, 0.05) is 11.1 Å². The molecule has 0 radical (unpaired) electrons. The standard InChI is InChI=1S/C13H18N2O4S/c1-3-8-6-14-12(20-8)7(2)15-11(16)9-4-5-10(19-9)13(17)18/h6-7,9-10H,3-5H2,1-2H3,(H,15,16)(H,17,18)/t7?,9-,10+/m0/s1. The molecule has 1 aromatic rings. The number of carboxylic acids is 1. The number of rotatable bonds is 5. The lowest BCUT2D eigenvalue weighted by atomic mass is 10.2. The molecule has 2 N–H and O–H groups in total. The fourth-order valence-electron chi connectivity index (χ4n) is 2.07. The van der Waals surface area contributed by atoms with Crippen LogP contribution in [-0.4, -0.2) is 34.2 Å². The van der Waals surface area contributed by atoms with Crippen LogP contribution in [0.25, 0.3) is 0 Å². The van der Waals surface area contributed by atoms with Crippen LogP contribution < -0.4 is 5.32 Å². The first-order valence-electron chi connectivity index (χ1n) is 6.64. The second-order valence-corrected chi connectivity index (χ2v) is 5.92. The van der Waals surface area contributed by atoms with Crippen LogP contribution in [-0.2, 0) is 20.7 Å². The Balaban J connectivity index is 1.89. The van der Waals surface area contributed by atoms with Crippen molar-refractivity contribution in [3.63, 3.8) is 0 Å². The molecule has 1 amide bonds. The van der Waals surface area contributed by atoms with Crippen molar-refractivity contribution in [1.82, 2.24) is 10.3 Å². The zero-order chi connectivity index (χ0) is 14.7. The lowest BCUT2D eigenvalue weighted by Crippen LogP contribution is -2.37. The number of carbonyl (C=O) groups excluding carboxylic acids is 1. The van der Waals surface area contributed by atoms with E-state index in [4.69, 9.17) is 9.84 Å². The van der Waals surface area contributed by atoms with Gasteiger partial charge in [0.15, 0.2) is 6.10 Å². The summed E-state index contributed by atoms with van der Waals surface area (Å²) in [4.78, 5) is 28.3. The third-order valence-electron chi connectivity index (χ3n) is 3.24. The lowest BCUT2D eigenvalue weighted by Gasteiger charge is -2.15. The second kappa shape index (κ2) is 6.32. The van der Waals surface area contributed by atoms with E-state index in [0.717, 1.165) is 11.4 Å². The minimum Gasteiger partial charge on any atom is -0.479 e. The maximum Gasteiger partial charge on any atom is 0.332 e. The maximum atomic E-state index is 12.0. The molecule has 0 spiro atoms. The number of carboxylic acid groups (broad SMARTS) is 1. The average Bonchev–Trinajstić information content (AvgIpc) is 3.07. The van der Waals surface area contributed by atoms with Crippen molar-refractivity contribution in [1.29, 1.82) is 0 Å². The Kier molecular flexibility index (Phi) is 4.72. The van der Waals surface area contributed by atoms with Gasteiger partial charge in [-0.15, -0.1) is 11.3 Å². The van der Waals surface area contributed by atoms with Gasteiger partial charge in [0.25, 0.3) is 0 Å². The van der Waals surface area contributed by atoms with Gasteiger partial charge in [0.05, 0.1) is 6.04 Å². The van der Waals surface area contributed by atoms with Gasteiger partial charge >= 0.3 is 5.97 Å². The van der Waals surface area contributed by atoms with E-state index in [1.54, 1.807) is 11.3 Å². The molecule has 0 bridgehead atoms. The Bertz CT molecular complexity index is 502. The average molecular weight is 298 g/mol. The molecule has 0 saturated carbocycles. The molecule has 1 saturated heterocycles. The predicted molar refractivity (Wildman–Crippen MR) is 73.6 cm³/mol. The van der Waals surface area contributed by atoms with E-state index in [-0.39, 0.29) is 11.9 Å². The smallest absolute Gasteiger partial charge is 0.332 e. The number of aromatic nitrogens is 1. The number of nitrogens with one attached hydrogen (secondary N) is 1. The minimum absolute atomic E-state index is 0.194. The van der Waals surface area contributed by atoms with Gasteiger partial charge in [-0.05, 0) is 26.2 Å². The fourth-order valence-corrected chi connectivity index (χ4v) is 2.93. The fraction of sp³-hybridized carbons (Fsp3) is 0.615. The number of thiazole rings is 1. The van der Waals surface area contributed by atoms with Gasteiger partial charge in [-0.3, -0.25) is 4.79 Å². The van der Waals surface area contributed by atoms with Crippen LogP contribution in [0.1, 0.15) is 42.6 Å². The molecule has 1 aliphatic heterocycles. The van der Waals surface area contributed by atoms with E-state index >= 15 is 0 Å². The van der Waals surface area contributed by atoms with Crippen LogP contribution in [0, 0.1) is 0 Å². The highest BCUT2D eigenvalue weighted by molar-refractivity contribution is 7.11. The molecule has 0 aliphatic carbocycles. The number of nitrogens with zero attached hydrogens (tertiary/aromatic N) is 1. The van der Waals surface area contributed by atoms with Crippen LogP contribution in [0.4, 0.5) is 0 Å². The SMILES string of the molecule is CCc1cnc(C(C)NC(=O)[C@@H]2CC[C@H](C(=O)O)O2)s1. The zero-order valence-corrected chi connectivity index (χ0v) is 12.3. The van der Waals surface area contributed by atoms with Gasteiger partial charge in [-0.2, -0.15) is 0 Å². The van der Waals surface area contributed by atoms with Crippen molar-refractivity contribution in [2.24, 2.45) is 0 Å². The predicted octanol–water partition coefficient (Wildman–Crippen LogP) is 1.51. The summed E-state index contributed by atoms with van der Waals surface area (Å²) in [6.07, 6.45) is 2.00. The summed E-state index contributed by atoms with van der Waals surface area (Å²) in [5.74, 6) is -1.28. The van der Waals surface area contributed by atoms with Crippen molar-refractivity contribution in [3.05, 3.63) is 16.1 Å². The van der Waals surface area contributed by atoms with Crippen LogP contribution >= 0.6 is 11.3 Å². The molecule has 2 heterocycles. The van der Waals surface area contributed by atoms with Crippen LogP contribution in [0.15, 0.2) is 6.20 Å². The highest BCUT2D eigenvalue weighted by Gasteiger charge is 2.35. The first kappa shape index (κ1) is 14.9. The van der Waals surface area contributed by atoms with Crippen LogP contribution in [0.3, 0.4) is 0 Å². The van der Waals surface area contributed by atoms with Gasteiger partial charge in [0.1, 0.15) is 11.1 Å². The van der Waals surface area contributed by atoms with E-state index in [1.165, 1.54) is 4.88 Å². The normalized spacial score (nSPS) is 23.5. The molecule has 7 heteroatoms. The number of hydrogen-bond acceptors (Lipinski definition) is 5. The van der Waals surface area contributed by atoms with Crippen molar-refractivity contribution < 1.29 is 19.4 Å². The minimum atomic E-state index is -1.01. The number of amides is 1. The Morgan fingerprint density at radius 3 is 2.80 bits per heavy atom. The van der Waals surface area contributed by atoms with Crippen molar-refractivity contribution in [2.45, 2.75) is 51.4 Å². The Morgan fingerprint density at radius 1 is 1.55 bits per heavy atom. The van der Waals surface area contributed by atoms with Gasteiger partial charge in [-0.1, -0.05) is 6.92 Å². The van der Waals surface area contributed by atoms with Crippen molar-refractivity contribution in [3.8, 4) is 0 Å². The first-order valence-corrected chi connectivity index (χ1v) is 7.46. The van der Waals surface area contributed by atoms with Crippen LogP contribution in [0.5, 0.6) is 0 Å². The quantitative estimate of drug-likeness (QED) is 0.860. The molecule has 6 nitrogen and oxygen atoms in total. The highest BCUT2D eigenvalue weighted by Crippen LogP contribution is 2.23. The molecular weight excluding hydrogens is 280 g/mol. The molecule has 110 valence electrons. The molecule has 2 rings (SSSR count). The largest absolute Gasteiger partial charge is 0.479 e. The molecule has 1 aromatic heterocycles. The number of hydrogen-bond donors (Lipinski definition) is 2. The third-order valence-corrected chi connectivity index (χ3v) is 4.56. The van der Waals surface area contributed by atoms with E-state index in [0.29, 0.717) is 12.8 Å². The van der Waals surface area contributed by atoms with Gasteiger partial charge in [0.2, 0.25) is 5.91 Å². The number of carbonyl (C=O) groups is 2. The molecule has 1 unspecified atom stereocenters.